The zero-order valence-corrected chi connectivity index (χ0v) is 13.7. The Kier molecular flexibility index (Phi) is 4.65. The molecule has 0 saturated carbocycles. The number of anilines is 1. The van der Waals surface area contributed by atoms with Crippen LogP contribution in [0.15, 0.2) is 53.3 Å². The second-order valence-corrected chi connectivity index (χ2v) is 5.27. The van der Waals surface area contributed by atoms with E-state index in [-0.39, 0.29) is 5.56 Å². The first-order valence-electron chi connectivity index (χ1n) is 7.56. The smallest absolute Gasteiger partial charge is 0.341 e. The zero-order chi connectivity index (χ0) is 17.8. The highest BCUT2D eigenvalue weighted by molar-refractivity contribution is 6.03. The number of carbonyl (C=O) groups is 2. The number of fused-ring (bicyclic) bond motifs is 1. The molecule has 1 aromatic heterocycles. The summed E-state index contributed by atoms with van der Waals surface area (Å²) in [5, 5.41) is 2.68. The average Bonchev–Trinajstić information content (AvgIpc) is 3.10. The number of carbonyl (C=O) groups excluding carboxylic acids is 2. The van der Waals surface area contributed by atoms with Crippen LogP contribution in [0, 0.1) is 0 Å². The van der Waals surface area contributed by atoms with Crippen molar-refractivity contribution in [3.8, 4) is 5.75 Å². The van der Waals surface area contributed by atoms with Crippen molar-refractivity contribution in [2.45, 2.75) is 13.0 Å². The number of para-hydroxylation sites is 1. The van der Waals surface area contributed by atoms with Crippen molar-refractivity contribution in [2.24, 2.45) is 0 Å². The SMILES string of the molecule is COc1cccc(NC(=O)C(C)OC(=O)c2cccc3ocnc23)c1. The molecule has 128 valence electrons. The van der Waals surface area contributed by atoms with E-state index in [0.29, 0.717) is 22.5 Å². The molecule has 3 rings (SSSR count). The minimum atomic E-state index is -0.985. The lowest BCUT2D eigenvalue weighted by atomic mass is 10.2. The summed E-state index contributed by atoms with van der Waals surface area (Å²) in [5.74, 6) is -0.484. The van der Waals surface area contributed by atoms with Crippen LogP contribution in [0.1, 0.15) is 17.3 Å². The molecule has 0 aliphatic rings. The molecular formula is C18H16N2O5. The van der Waals surface area contributed by atoms with Crippen molar-refractivity contribution in [2.75, 3.05) is 12.4 Å². The molecule has 0 saturated heterocycles. The molecule has 25 heavy (non-hydrogen) atoms. The monoisotopic (exact) mass is 340 g/mol. The minimum Gasteiger partial charge on any atom is -0.497 e. The van der Waals surface area contributed by atoms with Gasteiger partial charge in [-0.15, -0.1) is 0 Å². The van der Waals surface area contributed by atoms with Gasteiger partial charge in [0.2, 0.25) is 0 Å². The number of hydrogen-bond acceptors (Lipinski definition) is 6. The van der Waals surface area contributed by atoms with Crippen LogP contribution in [0.25, 0.3) is 11.1 Å². The standard InChI is InChI=1S/C18H16N2O5/c1-11(17(21)20-12-5-3-6-13(9-12)23-2)25-18(22)14-7-4-8-15-16(14)19-10-24-15/h3-11H,1-2H3,(H,20,21). The Morgan fingerprint density at radius 1 is 1.20 bits per heavy atom. The Morgan fingerprint density at radius 3 is 2.80 bits per heavy atom. The highest BCUT2D eigenvalue weighted by Gasteiger charge is 2.21. The summed E-state index contributed by atoms with van der Waals surface area (Å²) in [6, 6.07) is 11.8. The van der Waals surface area contributed by atoms with Gasteiger partial charge in [-0.1, -0.05) is 12.1 Å². The summed E-state index contributed by atoms with van der Waals surface area (Å²) in [5.41, 5.74) is 1.66. The fourth-order valence-corrected chi connectivity index (χ4v) is 2.27. The second kappa shape index (κ2) is 7.04. The third-order valence-electron chi connectivity index (χ3n) is 3.57. The van der Waals surface area contributed by atoms with E-state index >= 15 is 0 Å². The molecule has 1 unspecified atom stereocenters. The fourth-order valence-electron chi connectivity index (χ4n) is 2.27. The number of ether oxygens (including phenoxy) is 2. The Hall–Kier alpha value is -3.35. The van der Waals surface area contributed by atoms with Crippen molar-refractivity contribution in [3.05, 3.63) is 54.4 Å². The van der Waals surface area contributed by atoms with Crippen LogP contribution in [0.3, 0.4) is 0 Å². The molecule has 0 fully saturated rings. The van der Waals surface area contributed by atoms with Crippen LogP contribution >= 0.6 is 0 Å². The van der Waals surface area contributed by atoms with Gasteiger partial charge in [0.05, 0.1) is 12.7 Å². The van der Waals surface area contributed by atoms with E-state index in [4.69, 9.17) is 13.9 Å². The third kappa shape index (κ3) is 3.60. The molecule has 1 atom stereocenters. The van der Waals surface area contributed by atoms with Gasteiger partial charge < -0.3 is 19.2 Å². The molecule has 0 aliphatic heterocycles. The van der Waals surface area contributed by atoms with E-state index in [1.165, 1.54) is 20.4 Å². The number of methoxy groups -OCH3 is 1. The van der Waals surface area contributed by atoms with Gasteiger partial charge in [0, 0.05) is 11.8 Å². The molecule has 0 radical (unpaired) electrons. The van der Waals surface area contributed by atoms with Crippen molar-refractivity contribution >= 4 is 28.7 Å². The number of esters is 1. The predicted octanol–water partition coefficient (Wildman–Crippen LogP) is 3.02. The molecule has 1 heterocycles. The molecule has 0 aliphatic carbocycles. The number of nitrogens with one attached hydrogen (secondary N) is 1. The first kappa shape index (κ1) is 16.5. The summed E-state index contributed by atoms with van der Waals surface area (Å²) in [4.78, 5) is 28.5. The molecule has 0 spiro atoms. The van der Waals surface area contributed by atoms with E-state index in [1.54, 1.807) is 42.5 Å². The first-order chi connectivity index (χ1) is 12.1. The fraction of sp³-hybridized carbons (Fsp3) is 0.167. The maximum atomic E-state index is 12.3. The van der Waals surface area contributed by atoms with Crippen LogP contribution in [0.4, 0.5) is 5.69 Å². The predicted molar refractivity (Wildman–Crippen MR) is 90.5 cm³/mol. The van der Waals surface area contributed by atoms with E-state index in [9.17, 15) is 9.59 Å². The minimum absolute atomic E-state index is 0.243. The Labute approximate surface area is 143 Å². The average molecular weight is 340 g/mol. The number of benzene rings is 2. The number of oxazole rings is 1. The molecule has 3 aromatic rings. The number of aromatic nitrogens is 1. The van der Waals surface area contributed by atoms with Gasteiger partial charge in [-0.2, -0.15) is 0 Å². The van der Waals surface area contributed by atoms with Crippen LogP contribution < -0.4 is 10.1 Å². The van der Waals surface area contributed by atoms with Crippen LogP contribution in [-0.2, 0) is 9.53 Å². The van der Waals surface area contributed by atoms with E-state index in [2.05, 4.69) is 10.3 Å². The normalized spacial score (nSPS) is 11.8. The molecule has 1 amide bonds. The van der Waals surface area contributed by atoms with E-state index in [0.717, 1.165) is 0 Å². The topological polar surface area (TPSA) is 90.7 Å². The summed E-state index contributed by atoms with van der Waals surface area (Å²) in [7, 11) is 1.54. The largest absolute Gasteiger partial charge is 0.497 e. The van der Waals surface area contributed by atoms with Crippen LogP contribution in [0.5, 0.6) is 5.75 Å². The molecule has 1 N–H and O–H groups in total. The van der Waals surface area contributed by atoms with Crippen LogP contribution in [-0.4, -0.2) is 30.1 Å². The number of rotatable bonds is 5. The summed E-state index contributed by atoms with van der Waals surface area (Å²) in [6.45, 7) is 1.50. The Morgan fingerprint density at radius 2 is 2.00 bits per heavy atom. The second-order valence-electron chi connectivity index (χ2n) is 5.27. The van der Waals surface area contributed by atoms with Gasteiger partial charge >= 0.3 is 5.97 Å². The lowest BCUT2D eigenvalue weighted by Gasteiger charge is -2.14. The number of amides is 1. The Bertz CT molecular complexity index is 918. The van der Waals surface area contributed by atoms with Crippen molar-refractivity contribution < 1.29 is 23.5 Å². The summed E-state index contributed by atoms with van der Waals surface area (Å²) >= 11 is 0. The van der Waals surface area contributed by atoms with Gasteiger partial charge in [-0.3, -0.25) is 4.79 Å². The first-order valence-corrected chi connectivity index (χ1v) is 7.56. The van der Waals surface area contributed by atoms with E-state index in [1.807, 2.05) is 0 Å². The van der Waals surface area contributed by atoms with Gasteiger partial charge in [-0.25, -0.2) is 9.78 Å². The third-order valence-corrected chi connectivity index (χ3v) is 3.57. The van der Waals surface area contributed by atoms with Crippen molar-refractivity contribution in [3.63, 3.8) is 0 Å². The highest BCUT2D eigenvalue weighted by Crippen LogP contribution is 2.19. The quantitative estimate of drug-likeness (QED) is 0.718. The lowest BCUT2D eigenvalue weighted by Crippen LogP contribution is -2.30. The summed E-state index contributed by atoms with van der Waals surface area (Å²) in [6.07, 6.45) is 0.265. The molecule has 7 nitrogen and oxygen atoms in total. The maximum absolute atomic E-state index is 12.3. The Balaban J connectivity index is 1.68. The lowest BCUT2D eigenvalue weighted by molar-refractivity contribution is -0.123. The van der Waals surface area contributed by atoms with Crippen LogP contribution in [0.2, 0.25) is 0 Å². The zero-order valence-electron chi connectivity index (χ0n) is 13.7. The molecular weight excluding hydrogens is 324 g/mol. The maximum Gasteiger partial charge on any atom is 0.341 e. The van der Waals surface area contributed by atoms with E-state index < -0.39 is 18.0 Å². The number of hydrogen-bond donors (Lipinski definition) is 1. The van der Waals surface area contributed by atoms with Gasteiger partial charge in [0.25, 0.3) is 5.91 Å². The van der Waals surface area contributed by atoms with Gasteiger partial charge in [0.1, 0.15) is 11.3 Å². The van der Waals surface area contributed by atoms with Crippen molar-refractivity contribution in [1.29, 1.82) is 0 Å². The summed E-state index contributed by atoms with van der Waals surface area (Å²) < 4.78 is 15.5. The van der Waals surface area contributed by atoms with Crippen molar-refractivity contribution in [1.82, 2.24) is 4.98 Å². The number of nitrogens with zero attached hydrogens (tertiary/aromatic N) is 1. The molecule has 7 heteroatoms. The highest BCUT2D eigenvalue weighted by atomic mass is 16.5. The van der Waals surface area contributed by atoms with Gasteiger partial charge in [0.15, 0.2) is 18.1 Å². The molecule has 0 bridgehead atoms. The van der Waals surface area contributed by atoms with Gasteiger partial charge in [-0.05, 0) is 31.2 Å². The molecule has 2 aromatic carbocycles.